The number of fused-ring (bicyclic) bond motifs is 1. The molecule has 3 aromatic heterocycles. The fraction of sp³-hybridized carbons (Fsp3) is 0.200. The molecule has 0 spiro atoms. The van der Waals surface area contributed by atoms with Crippen molar-refractivity contribution in [2.75, 3.05) is 0 Å². The number of carbonyl (C=O) groups excluding carboxylic acids is 2. The summed E-state index contributed by atoms with van der Waals surface area (Å²) < 4.78 is 2.91. The lowest BCUT2D eigenvalue weighted by molar-refractivity contribution is 0.0841. The van der Waals surface area contributed by atoms with Gasteiger partial charge in [-0.25, -0.2) is 9.67 Å². The zero-order valence-electron chi connectivity index (χ0n) is 16.8. The van der Waals surface area contributed by atoms with Gasteiger partial charge in [0.25, 0.3) is 17.4 Å². The number of nitrogens with zero attached hydrogens (tertiary/aromatic N) is 5. The SMILES string of the molecule is CCCn1nc(C(=O)NNC(=O)c2csc(-c3cnn(C)c3)n2)c2ccccc2c1=O. The van der Waals surface area contributed by atoms with Gasteiger partial charge in [0.2, 0.25) is 0 Å². The van der Waals surface area contributed by atoms with Crippen molar-refractivity contribution in [2.24, 2.45) is 7.05 Å². The van der Waals surface area contributed by atoms with Crippen molar-refractivity contribution in [2.45, 2.75) is 19.9 Å². The molecule has 0 aliphatic carbocycles. The average Bonchev–Trinajstić information content (AvgIpc) is 3.43. The number of thiazole rings is 1. The lowest BCUT2D eigenvalue weighted by atomic mass is 10.1. The van der Waals surface area contributed by atoms with Crippen LogP contribution in [0.1, 0.15) is 34.3 Å². The standard InChI is InChI=1S/C20H19N7O3S/c1-3-8-27-20(30)14-7-5-4-6-13(14)16(25-27)18(29)24-23-17(28)15-11-31-19(22-15)12-9-21-26(2)10-12/h4-7,9-11H,3,8H2,1-2H3,(H,23,28)(H,24,29). The average molecular weight is 437 g/mol. The number of hydrogen-bond donors (Lipinski definition) is 2. The van der Waals surface area contributed by atoms with Crippen LogP contribution in [0.4, 0.5) is 0 Å². The Bertz CT molecular complexity index is 1340. The van der Waals surface area contributed by atoms with Gasteiger partial charge in [-0.2, -0.15) is 10.2 Å². The number of benzene rings is 1. The Kier molecular flexibility index (Phi) is 5.58. The first-order valence-electron chi connectivity index (χ1n) is 9.53. The van der Waals surface area contributed by atoms with Crippen molar-refractivity contribution in [3.8, 4) is 10.6 Å². The Morgan fingerprint density at radius 1 is 1.13 bits per heavy atom. The largest absolute Gasteiger partial charge is 0.290 e. The molecule has 0 aliphatic heterocycles. The Morgan fingerprint density at radius 3 is 2.58 bits per heavy atom. The van der Waals surface area contributed by atoms with Crippen molar-refractivity contribution in [3.63, 3.8) is 0 Å². The van der Waals surface area contributed by atoms with Gasteiger partial charge >= 0.3 is 0 Å². The van der Waals surface area contributed by atoms with E-state index in [1.807, 2.05) is 6.92 Å². The van der Waals surface area contributed by atoms with Gasteiger partial charge in [-0.3, -0.25) is 29.9 Å². The third-order valence-corrected chi connectivity index (χ3v) is 5.39. The number of rotatable bonds is 5. The van der Waals surface area contributed by atoms with Crippen LogP contribution in [0, 0.1) is 0 Å². The summed E-state index contributed by atoms with van der Waals surface area (Å²) in [6, 6.07) is 6.75. The topological polar surface area (TPSA) is 124 Å². The summed E-state index contributed by atoms with van der Waals surface area (Å²) in [5.74, 6) is -1.19. The molecule has 0 saturated heterocycles. The molecule has 2 amide bonds. The van der Waals surface area contributed by atoms with E-state index in [9.17, 15) is 14.4 Å². The predicted molar refractivity (Wildman–Crippen MR) is 116 cm³/mol. The zero-order chi connectivity index (χ0) is 22.0. The van der Waals surface area contributed by atoms with Crippen LogP contribution in [0.15, 0.2) is 46.8 Å². The molecule has 0 unspecified atom stereocenters. The van der Waals surface area contributed by atoms with E-state index in [0.717, 1.165) is 5.56 Å². The summed E-state index contributed by atoms with van der Waals surface area (Å²) in [5, 5.41) is 11.3. The van der Waals surface area contributed by atoms with Gasteiger partial charge in [0, 0.05) is 36.1 Å². The summed E-state index contributed by atoms with van der Waals surface area (Å²) in [4.78, 5) is 42.0. The van der Waals surface area contributed by atoms with Crippen LogP contribution in [-0.4, -0.2) is 36.4 Å². The molecule has 0 aliphatic rings. The van der Waals surface area contributed by atoms with Gasteiger partial charge in [0.1, 0.15) is 10.7 Å². The van der Waals surface area contributed by atoms with Crippen molar-refractivity contribution in [3.05, 3.63) is 63.8 Å². The molecular weight excluding hydrogens is 418 g/mol. The molecule has 11 heteroatoms. The van der Waals surface area contributed by atoms with Gasteiger partial charge in [0.05, 0.1) is 11.6 Å². The molecule has 1 aromatic carbocycles. The molecule has 0 atom stereocenters. The Balaban J connectivity index is 1.53. The zero-order valence-corrected chi connectivity index (χ0v) is 17.6. The highest BCUT2D eigenvalue weighted by molar-refractivity contribution is 7.13. The van der Waals surface area contributed by atoms with E-state index in [2.05, 4.69) is 26.0 Å². The van der Waals surface area contributed by atoms with Gasteiger partial charge < -0.3 is 0 Å². The number of aryl methyl sites for hydroxylation is 2. The summed E-state index contributed by atoms with van der Waals surface area (Å²) in [7, 11) is 1.79. The maximum Gasteiger partial charge on any atom is 0.290 e. The minimum Gasteiger partial charge on any atom is -0.275 e. The van der Waals surface area contributed by atoms with E-state index >= 15 is 0 Å². The second kappa shape index (κ2) is 8.48. The van der Waals surface area contributed by atoms with Gasteiger partial charge in [0.15, 0.2) is 5.69 Å². The van der Waals surface area contributed by atoms with Crippen LogP contribution >= 0.6 is 11.3 Å². The molecule has 31 heavy (non-hydrogen) atoms. The normalized spacial score (nSPS) is 10.9. The molecule has 10 nitrogen and oxygen atoms in total. The highest BCUT2D eigenvalue weighted by Gasteiger charge is 2.18. The van der Waals surface area contributed by atoms with Crippen molar-refractivity contribution >= 4 is 33.9 Å². The second-order valence-electron chi connectivity index (χ2n) is 6.77. The number of aromatic nitrogens is 5. The van der Waals surface area contributed by atoms with Crippen molar-refractivity contribution in [1.29, 1.82) is 0 Å². The fourth-order valence-corrected chi connectivity index (χ4v) is 3.82. The van der Waals surface area contributed by atoms with E-state index < -0.39 is 11.8 Å². The fourth-order valence-electron chi connectivity index (χ4n) is 3.05. The van der Waals surface area contributed by atoms with Crippen LogP contribution < -0.4 is 16.4 Å². The van der Waals surface area contributed by atoms with E-state index in [1.165, 1.54) is 16.0 Å². The third-order valence-electron chi connectivity index (χ3n) is 4.50. The molecule has 2 N–H and O–H groups in total. The van der Waals surface area contributed by atoms with Crippen LogP contribution in [0.3, 0.4) is 0 Å². The van der Waals surface area contributed by atoms with E-state index in [-0.39, 0.29) is 16.9 Å². The first kappa shape index (κ1) is 20.4. The van der Waals surface area contributed by atoms with Crippen molar-refractivity contribution < 1.29 is 9.59 Å². The quantitative estimate of drug-likeness (QED) is 0.459. The summed E-state index contributed by atoms with van der Waals surface area (Å²) in [6.45, 7) is 2.29. The first-order valence-corrected chi connectivity index (χ1v) is 10.4. The minimum atomic E-state index is -0.628. The van der Waals surface area contributed by atoms with Gasteiger partial charge in [-0.15, -0.1) is 11.3 Å². The highest BCUT2D eigenvalue weighted by atomic mass is 32.1. The maximum absolute atomic E-state index is 12.8. The smallest absolute Gasteiger partial charge is 0.275 e. The Hall–Kier alpha value is -3.86. The molecule has 3 heterocycles. The third kappa shape index (κ3) is 4.08. The monoisotopic (exact) mass is 437 g/mol. The number of amides is 2. The molecule has 0 bridgehead atoms. The van der Waals surface area contributed by atoms with Crippen LogP contribution in [0.5, 0.6) is 0 Å². The number of hydrogen-bond acceptors (Lipinski definition) is 7. The number of carbonyl (C=O) groups is 2. The summed E-state index contributed by atoms with van der Waals surface area (Å²) in [5.41, 5.74) is 5.47. The molecule has 0 saturated carbocycles. The molecule has 0 radical (unpaired) electrons. The lowest BCUT2D eigenvalue weighted by Crippen LogP contribution is -2.43. The predicted octanol–water partition coefficient (Wildman–Crippen LogP) is 1.74. The van der Waals surface area contributed by atoms with E-state index in [4.69, 9.17) is 0 Å². The first-order chi connectivity index (χ1) is 15.0. The lowest BCUT2D eigenvalue weighted by Gasteiger charge is -2.11. The number of nitrogens with one attached hydrogen (secondary N) is 2. The molecule has 4 rings (SSSR count). The van der Waals surface area contributed by atoms with Crippen LogP contribution in [-0.2, 0) is 13.6 Å². The Morgan fingerprint density at radius 2 is 1.87 bits per heavy atom. The van der Waals surface area contributed by atoms with Crippen LogP contribution in [0.25, 0.3) is 21.3 Å². The summed E-state index contributed by atoms with van der Waals surface area (Å²) >= 11 is 1.30. The van der Waals surface area contributed by atoms with Crippen LogP contribution in [0.2, 0.25) is 0 Å². The minimum absolute atomic E-state index is 0.0540. The Labute approximate surface area is 180 Å². The summed E-state index contributed by atoms with van der Waals surface area (Å²) in [6.07, 6.45) is 4.14. The molecular formula is C20H19N7O3S. The molecule has 0 fully saturated rings. The molecule has 158 valence electrons. The number of hydrazine groups is 1. The molecule has 4 aromatic rings. The van der Waals surface area contributed by atoms with E-state index in [1.54, 1.807) is 53.8 Å². The maximum atomic E-state index is 12.8. The van der Waals surface area contributed by atoms with Gasteiger partial charge in [-0.05, 0) is 12.5 Å². The van der Waals surface area contributed by atoms with Gasteiger partial charge in [-0.1, -0.05) is 25.1 Å². The van der Waals surface area contributed by atoms with E-state index in [0.29, 0.717) is 28.7 Å². The highest BCUT2D eigenvalue weighted by Crippen LogP contribution is 2.22. The van der Waals surface area contributed by atoms with Crippen molar-refractivity contribution in [1.82, 2.24) is 35.4 Å². The second-order valence-corrected chi connectivity index (χ2v) is 7.63.